The summed E-state index contributed by atoms with van der Waals surface area (Å²) < 4.78 is 11.7. The number of benzene rings is 1. The number of thiazole rings is 1. The van der Waals surface area contributed by atoms with Crippen molar-refractivity contribution in [3.63, 3.8) is 0 Å². The maximum atomic E-state index is 12.2. The summed E-state index contributed by atoms with van der Waals surface area (Å²) in [5.74, 6) is 0.814. The first-order valence-corrected chi connectivity index (χ1v) is 8.90. The zero-order valence-electron chi connectivity index (χ0n) is 15.1. The number of ether oxygens (including phenoxy) is 2. The summed E-state index contributed by atoms with van der Waals surface area (Å²) in [7, 11) is 3.10. The second-order valence-corrected chi connectivity index (χ2v) is 6.48. The Kier molecular flexibility index (Phi) is 5.51. The van der Waals surface area contributed by atoms with Gasteiger partial charge in [0.2, 0.25) is 5.91 Å². The molecule has 0 bridgehead atoms. The molecule has 27 heavy (non-hydrogen) atoms. The number of carbonyl (C=O) groups excluding carboxylic acids is 1. The van der Waals surface area contributed by atoms with Crippen molar-refractivity contribution in [3.8, 4) is 22.8 Å². The van der Waals surface area contributed by atoms with Crippen molar-refractivity contribution < 1.29 is 14.3 Å². The summed E-state index contributed by atoms with van der Waals surface area (Å²) in [6.45, 7) is 1.62. The quantitative estimate of drug-likeness (QED) is 0.699. The average Bonchev–Trinajstić information content (AvgIpc) is 3.07. The van der Waals surface area contributed by atoms with Gasteiger partial charge in [-0.25, -0.2) is 9.67 Å². The zero-order valence-corrected chi connectivity index (χ0v) is 15.9. The summed E-state index contributed by atoms with van der Waals surface area (Å²) >= 11 is 1.32. The van der Waals surface area contributed by atoms with E-state index in [-0.39, 0.29) is 18.0 Å². The first-order chi connectivity index (χ1) is 13.0. The molecule has 9 heteroatoms. The summed E-state index contributed by atoms with van der Waals surface area (Å²) in [6.07, 6.45) is 0. The van der Waals surface area contributed by atoms with Gasteiger partial charge in [-0.15, -0.1) is 11.3 Å². The third-order valence-corrected chi connectivity index (χ3v) is 4.59. The Labute approximate surface area is 159 Å². The lowest BCUT2D eigenvalue weighted by Crippen LogP contribution is -2.29. The molecule has 1 aromatic carbocycles. The monoisotopic (exact) mass is 386 g/mol. The Morgan fingerprint density at radius 1 is 1.22 bits per heavy atom. The highest BCUT2D eigenvalue weighted by Crippen LogP contribution is 2.31. The van der Waals surface area contributed by atoms with Crippen LogP contribution in [-0.4, -0.2) is 34.9 Å². The maximum Gasteiger partial charge on any atom is 0.267 e. The van der Waals surface area contributed by atoms with Gasteiger partial charge >= 0.3 is 0 Å². The topological polar surface area (TPSA) is 95.3 Å². The van der Waals surface area contributed by atoms with E-state index in [9.17, 15) is 9.59 Å². The van der Waals surface area contributed by atoms with E-state index < -0.39 is 0 Å². The normalized spacial score (nSPS) is 10.5. The summed E-state index contributed by atoms with van der Waals surface area (Å²) in [4.78, 5) is 28.5. The number of nitrogens with zero attached hydrogens (tertiary/aromatic N) is 3. The molecule has 0 aliphatic heterocycles. The zero-order chi connectivity index (χ0) is 19.4. The van der Waals surface area contributed by atoms with Crippen molar-refractivity contribution in [1.82, 2.24) is 14.8 Å². The summed E-state index contributed by atoms with van der Waals surface area (Å²) in [6, 6.07) is 8.24. The van der Waals surface area contributed by atoms with Crippen LogP contribution in [0, 0.1) is 6.92 Å². The van der Waals surface area contributed by atoms with Crippen LogP contribution < -0.4 is 20.3 Å². The molecule has 2 aromatic heterocycles. The van der Waals surface area contributed by atoms with Gasteiger partial charge in [-0.1, -0.05) is 0 Å². The molecule has 2 heterocycles. The van der Waals surface area contributed by atoms with Crippen molar-refractivity contribution in [2.24, 2.45) is 0 Å². The van der Waals surface area contributed by atoms with Gasteiger partial charge in [-0.2, -0.15) is 5.10 Å². The predicted molar refractivity (Wildman–Crippen MR) is 103 cm³/mol. The molecule has 3 rings (SSSR count). The third kappa shape index (κ3) is 4.32. The Hall–Kier alpha value is -3.20. The fourth-order valence-corrected chi connectivity index (χ4v) is 3.13. The number of aromatic nitrogens is 3. The number of nitrogens with one attached hydrogen (secondary N) is 1. The van der Waals surface area contributed by atoms with Gasteiger partial charge in [0, 0.05) is 23.1 Å². The van der Waals surface area contributed by atoms with Crippen LogP contribution in [-0.2, 0) is 11.3 Å². The first kappa shape index (κ1) is 18.6. The molecule has 0 aliphatic rings. The number of hydrogen-bond acceptors (Lipinski definition) is 7. The number of anilines is 1. The lowest BCUT2D eigenvalue weighted by molar-refractivity contribution is -0.117. The average molecular weight is 386 g/mol. The number of carbonyl (C=O) groups is 1. The van der Waals surface area contributed by atoms with Crippen LogP contribution in [0.3, 0.4) is 0 Å². The molecule has 1 N–H and O–H groups in total. The van der Waals surface area contributed by atoms with Gasteiger partial charge in [0.1, 0.15) is 18.0 Å². The van der Waals surface area contributed by atoms with E-state index in [4.69, 9.17) is 9.47 Å². The van der Waals surface area contributed by atoms with Gasteiger partial charge < -0.3 is 14.8 Å². The van der Waals surface area contributed by atoms with E-state index in [2.05, 4.69) is 15.4 Å². The minimum Gasteiger partial charge on any atom is -0.497 e. The molecular formula is C18H18N4O4S. The van der Waals surface area contributed by atoms with Crippen LogP contribution in [0.2, 0.25) is 0 Å². The Morgan fingerprint density at radius 2 is 2.04 bits per heavy atom. The highest BCUT2D eigenvalue weighted by atomic mass is 32.1. The molecule has 0 spiro atoms. The SMILES string of the molecule is COc1ccc(-c2ccc(=O)n(CC(=O)Nc3nc(C)cs3)n2)c(OC)c1. The Morgan fingerprint density at radius 3 is 2.70 bits per heavy atom. The van der Waals surface area contributed by atoms with Crippen molar-refractivity contribution in [2.45, 2.75) is 13.5 Å². The standard InChI is InChI=1S/C18H18N4O4S/c1-11-10-27-18(19-11)20-16(23)9-22-17(24)7-6-14(21-22)13-5-4-12(25-2)8-15(13)26-3/h4-8,10H,9H2,1-3H3,(H,19,20,23). The predicted octanol–water partition coefficient (Wildman–Crippen LogP) is 2.33. The second-order valence-electron chi connectivity index (χ2n) is 5.62. The van der Waals surface area contributed by atoms with E-state index in [1.54, 1.807) is 31.4 Å². The molecule has 0 saturated carbocycles. The molecule has 0 unspecified atom stereocenters. The number of hydrogen-bond donors (Lipinski definition) is 1. The Balaban J connectivity index is 1.86. The minimum absolute atomic E-state index is 0.218. The number of rotatable bonds is 6. The molecule has 1 amide bonds. The van der Waals surface area contributed by atoms with Gasteiger partial charge in [0.25, 0.3) is 5.56 Å². The van der Waals surface area contributed by atoms with E-state index in [0.717, 1.165) is 10.4 Å². The lowest BCUT2D eigenvalue weighted by atomic mass is 10.1. The van der Waals surface area contributed by atoms with Crippen LogP contribution in [0.1, 0.15) is 5.69 Å². The largest absolute Gasteiger partial charge is 0.497 e. The smallest absolute Gasteiger partial charge is 0.267 e. The number of aryl methyl sites for hydroxylation is 1. The summed E-state index contributed by atoms with van der Waals surface area (Å²) in [5, 5.41) is 9.28. The first-order valence-electron chi connectivity index (χ1n) is 8.02. The van der Waals surface area contributed by atoms with Crippen LogP contribution in [0.4, 0.5) is 5.13 Å². The second kappa shape index (κ2) is 8.00. The number of methoxy groups -OCH3 is 2. The van der Waals surface area contributed by atoms with Gasteiger partial charge in [0.15, 0.2) is 5.13 Å². The van der Waals surface area contributed by atoms with Crippen molar-refractivity contribution in [2.75, 3.05) is 19.5 Å². The van der Waals surface area contributed by atoms with Crippen LogP contribution in [0.5, 0.6) is 11.5 Å². The van der Waals surface area contributed by atoms with Gasteiger partial charge in [0.05, 0.1) is 25.6 Å². The van der Waals surface area contributed by atoms with Crippen LogP contribution in [0.25, 0.3) is 11.3 Å². The third-order valence-electron chi connectivity index (χ3n) is 3.71. The molecule has 0 fully saturated rings. The highest BCUT2D eigenvalue weighted by Gasteiger charge is 2.13. The van der Waals surface area contributed by atoms with Gasteiger partial charge in [-0.3, -0.25) is 9.59 Å². The fourth-order valence-electron chi connectivity index (χ4n) is 2.42. The van der Waals surface area contributed by atoms with E-state index in [1.807, 2.05) is 12.3 Å². The van der Waals surface area contributed by atoms with Crippen LogP contribution >= 0.6 is 11.3 Å². The van der Waals surface area contributed by atoms with Gasteiger partial charge in [-0.05, 0) is 25.1 Å². The lowest BCUT2D eigenvalue weighted by Gasteiger charge is -2.11. The molecule has 0 atom stereocenters. The van der Waals surface area contributed by atoms with Crippen molar-refractivity contribution >= 4 is 22.4 Å². The van der Waals surface area contributed by atoms with E-state index in [0.29, 0.717) is 27.9 Å². The molecule has 0 radical (unpaired) electrons. The Bertz CT molecular complexity index is 1030. The molecule has 140 valence electrons. The molecule has 0 saturated heterocycles. The maximum absolute atomic E-state index is 12.2. The molecule has 3 aromatic rings. The highest BCUT2D eigenvalue weighted by molar-refractivity contribution is 7.13. The molecular weight excluding hydrogens is 368 g/mol. The molecule has 8 nitrogen and oxygen atoms in total. The minimum atomic E-state index is -0.378. The van der Waals surface area contributed by atoms with Crippen molar-refractivity contribution in [3.05, 3.63) is 51.8 Å². The summed E-state index contributed by atoms with van der Waals surface area (Å²) in [5.41, 5.74) is 1.63. The fraction of sp³-hybridized carbons (Fsp3) is 0.222. The molecule has 0 aliphatic carbocycles. The van der Waals surface area contributed by atoms with E-state index >= 15 is 0 Å². The van der Waals surface area contributed by atoms with Crippen molar-refractivity contribution in [1.29, 1.82) is 0 Å². The van der Waals surface area contributed by atoms with E-state index in [1.165, 1.54) is 24.5 Å². The van der Waals surface area contributed by atoms with Crippen LogP contribution in [0.15, 0.2) is 40.5 Å². The number of amides is 1.